The Hall–Kier alpha value is -3.03. The molecule has 0 saturated carbocycles. The molecule has 5 nitrogen and oxygen atoms in total. The van der Waals surface area contributed by atoms with Gasteiger partial charge >= 0.3 is 6.18 Å². The van der Waals surface area contributed by atoms with Crippen molar-refractivity contribution < 1.29 is 22.8 Å². The molecule has 1 atom stereocenters. The number of benzene rings is 2. The van der Waals surface area contributed by atoms with E-state index in [-0.39, 0.29) is 23.9 Å². The Morgan fingerprint density at radius 2 is 1.67 bits per heavy atom. The van der Waals surface area contributed by atoms with Gasteiger partial charge in [-0.15, -0.1) is 0 Å². The van der Waals surface area contributed by atoms with Crippen LogP contribution in [0, 0.1) is 5.92 Å². The molecule has 2 aromatic carbocycles. The Morgan fingerprint density at radius 3 is 2.37 bits per heavy atom. The van der Waals surface area contributed by atoms with Gasteiger partial charge in [0.2, 0.25) is 11.8 Å². The van der Waals surface area contributed by atoms with Crippen molar-refractivity contribution in [3.8, 4) is 0 Å². The highest BCUT2D eigenvalue weighted by Gasteiger charge is 2.29. The van der Waals surface area contributed by atoms with Crippen LogP contribution in [0.2, 0.25) is 0 Å². The average molecular weight is 419 g/mol. The third-order valence-corrected chi connectivity index (χ3v) is 5.01. The fourth-order valence-corrected chi connectivity index (χ4v) is 3.48. The van der Waals surface area contributed by atoms with Crippen LogP contribution in [-0.2, 0) is 16.0 Å². The first-order valence-corrected chi connectivity index (χ1v) is 9.84. The van der Waals surface area contributed by atoms with Crippen molar-refractivity contribution in [2.75, 3.05) is 30.3 Å². The lowest BCUT2D eigenvalue weighted by atomic mass is 9.96. The maximum Gasteiger partial charge on any atom is 0.405 e. The van der Waals surface area contributed by atoms with Gasteiger partial charge in [-0.2, -0.15) is 13.2 Å². The van der Waals surface area contributed by atoms with Crippen LogP contribution in [0.15, 0.2) is 54.6 Å². The molecule has 0 aliphatic carbocycles. The molecular weight excluding hydrogens is 395 g/mol. The Bertz CT molecular complexity index is 871. The third kappa shape index (κ3) is 6.23. The highest BCUT2D eigenvalue weighted by molar-refractivity contribution is 5.96. The van der Waals surface area contributed by atoms with Gasteiger partial charge < -0.3 is 15.5 Å². The Balaban J connectivity index is 1.60. The van der Waals surface area contributed by atoms with Gasteiger partial charge in [0.25, 0.3) is 0 Å². The summed E-state index contributed by atoms with van der Waals surface area (Å²) in [5.74, 6) is -0.742. The summed E-state index contributed by atoms with van der Waals surface area (Å²) >= 11 is 0. The number of hydrogen-bond acceptors (Lipinski definition) is 3. The topological polar surface area (TPSA) is 61.4 Å². The van der Waals surface area contributed by atoms with E-state index in [4.69, 9.17) is 0 Å². The zero-order valence-electron chi connectivity index (χ0n) is 16.4. The number of carbonyl (C=O) groups is 2. The number of hydrogen-bond donors (Lipinski definition) is 2. The number of nitrogens with zero attached hydrogens (tertiary/aromatic N) is 1. The minimum atomic E-state index is -4.36. The highest BCUT2D eigenvalue weighted by atomic mass is 19.4. The summed E-state index contributed by atoms with van der Waals surface area (Å²) in [6, 6.07) is 15.7. The van der Waals surface area contributed by atoms with Crippen LogP contribution in [0.1, 0.15) is 18.4 Å². The molecule has 0 aromatic heterocycles. The minimum Gasteiger partial charge on any atom is -0.375 e. The van der Waals surface area contributed by atoms with Crippen molar-refractivity contribution in [1.82, 2.24) is 4.90 Å². The fourth-order valence-electron chi connectivity index (χ4n) is 3.48. The smallest absolute Gasteiger partial charge is 0.375 e. The molecule has 2 amide bonds. The molecule has 0 bridgehead atoms. The Kier molecular flexibility index (Phi) is 6.97. The lowest BCUT2D eigenvalue weighted by Gasteiger charge is -2.32. The van der Waals surface area contributed by atoms with Crippen molar-refractivity contribution in [3.63, 3.8) is 0 Å². The van der Waals surface area contributed by atoms with Crippen LogP contribution in [0.5, 0.6) is 0 Å². The van der Waals surface area contributed by atoms with Crippen molar-refractivity contribution in [2.45, 2.75) is 25.4 Å². The molecule has 1 saturated heterocycles. The predicted octanol–water partition coefficient (Wildman–Crippen LogP) is 4.08. The molecule has 1 fully saturated rings. The van der Waals surface area contributed by atoms with Gasteiger partial charge in [0.05, 0.1) is 23.7 Å². The quantitative estimate of drug-likeness (QED) is 0.742. The lowest BCUT2D eigenvalue weighted by molar-refractivity contribution is -0.134. The predicted molar refractivity (Wildman–Crippen MR) is 109 cm³/mol. The SMILES string of the molecule is O=C(Nc1ccccc1NCC(F)(F)F)C1CCCN(C(=O)Cc2ccccc2)C1. The molecule has 160 valence electrons. The highest BCUT2D eigenvalue weighted by Crippen LogP contribution is 2.26. The zero-order chi connectivity index (χ0) is 21.6. The van der Waals surface area contributed by atoms with Gasteiger partial charge in [-0.3, -0.25) is 9.59 Å². The number of anilines is 2. The minimum absolute atomic E-state index is 0.0362. The molecule has 0 radical (unpaired) electrons. The third-order valence-electron chi connectivity index (χ3n) is 5.01. The second-order valence-electron chi connectivity index (χ2n) is 7.34. The van der Waals surface area contributed by atoms with E-state index in [9.17, 15) is 22.8 Å². The molecule has 30 heavy (non-hydrogen) atoms. The summed E-state index contributed by atoms with van der Waals surface area (Å²) in [5, 5.41) is 5.03. The van der Waals surface area contributed by atoms with Gasteiger partial charge in [0.15, 0.2) is 0 Å². The molecule has 2 N–H and O–H groups in total. The largest absolute Gasteiger partial charge is 0.405 e. The normalized spacial score (nSPS) is 16.8. The van der Waals surface area contributed by atoms with Gasteiger partial charge in [-0.25, -0.2) is 0 Å². The molecule has 1 aliphatic heterocycles. The first kappa shape index (κ1) is 21.7. The summed E-state index contributed by atoms with van der Waals surface area (Å²) in [6.45, 7) is -0.292. The van der Waals surface area contributed by atoms with Crippen LogP contribution in [-0.4, -0.2) is 42.5 Å². The van der Waals surface area contributed by atoms with Gasteiger partial charge in [-0.1, -0.05) is 42.5 Å². The Morgan fingerprint density at radius 1 is 1.00 bits per heavy atom. The lowest BCUT2D eigenvalue weighted by Crippen LogP contribution is -2.44. The molecule has 1 unspecified atom stereocenters. The molecular formula is C22H24F3N3O2. The number of likely N-dealkylation sites (tertiary alicyclic amines) is 1. The van der Waals surface area contributed by atoms with Gasteiger partial charge in [0.1, 0.15) is 6.54 Å². The van der Waals surface area contributed by atoms with Crippen LogP contribution in [0.4, 0.5) is 24.5 Å². The zero-order valence-corrected chi connectivity index (χ0v) is 16.4. The number of para-hydroxylation sites is 2. The van der Waals surface area contributed by atoms with E-state index in [1.54, 1.807) is 23.1 Å². The van der Waals surface area contributed by atoms with Crippen LogP contribution in [0.3, 0.4) is 0 Å². The molecule has 3 rings (SSSR count). The van der Waals surface area contributed by atoms with E-state index in [0.717, 1.165) is 5.56 Å². The summed E-state index contributed by atoms with van der Waals surface area (Å²) in [7, 11) is 0. The average Bonchev–Trinajstić information content (AvgIpc) is 2.73. The van der Waals surface area contributed by atoms with Crippen molar-refractivity contribution in [2.24, 2.45) is 5.92 Å². The number of alkyl halides is 3. The van der Waals surface area contributed by atoms with Crippen molar-refractivity contribution >= 4 is 23.2 Å². The molecule has 1 heterocycles. The molecule has 0 spiro atoms. The summed E-state index contributed by atoms with van der Waals surface area (Å²) < 4.78 is 37.5. The first-order chi connectivity index (χ1) is 14.3. The second kappa shape index (κ2) is 9.65. The molecule has 1 aliphatic rings. The van der Waals surface area contributed by atoms with E-state index in [1.807, 2.05) is 30.3 Å². The van der Waals surface area contributed by atoms with E-state index in [1.165, 1.54) is 6.07 Å². The van der Waals surface area contributed by atoms with E-state index >= 15 is 0 Å². The molecule has 8 heteroatoms. The number of nitrogens with one attached hydrogen (secondary N) is 2. The molecule has 2 aromatic rings. The van der Waals surface area contributed by atoms with E-state index < -0.39 is 18.6 Å². The van der Waals surface area contributed by atoms with Crippen LogP contribution < -0.4 is 10.6 Å². The summed E-state index contributed by atoms with van der Waals surface area (Å²) in [6.07, 6.45) is -2.76. The second-order valence-corrected chi connectivity index (χ2v) is 7.34. The summed E-state index contributed by atoms with van der Waals surface area (Å²) in [4.78, 5) is 27.0. The summed E-state index contributed by atoms with van der Waals surface area (Å²) in [5.41, 5.74) is 1.41. The fraction of sp³-hybridized carbons (Fsp3) is 0.364. The monoisotopic (exact) mass is 419 g/mol. The van der Waals surface area contributed by atoms with Gasteiger partial charge in [-0.05, 0) is 30.5 Å². The first-order valence-electron chi connectivity index (χ1n) is 9.84. The number of carbonyl (C=O) groups excluding carboxylic acids is 2. The standard InChI is InChI=1S/C22H24F3N3O2/c23-22(24,25)15-26-18-10-4-5-11-19(18)27-21(30)17-9-6-12-28(14-17)20(29)13-16-7-2-1-3-8-16/h1-5,7-8,10-11,17,26H,6,9,12-15H2,(H,27,30). The Labute approximate surface area is 173 Å². The van der Waals surface area contributed by atoms with Crippen molar-refractivity contribution in [1.29, 1.82) is 0 Å². The number of amides is 2. The van der Waals surface area contributed by atoms with E-state index in [2.05, 4.69) is 10.6 Å². The van der Waals surface area contributed by atoms with Gasteiger partial charge in [0, 0.05) is 13.1 Å². The number of halogens is 3. The maximum atomic E-state index is 12.7. The van der Waals surface area contributed by atoms with Crippen LogP contribution >= 0.6 is 0 Å². The number of rotatable bonds is 6. The maximum absolute atomic E-state index is 12.7. The van der Waals surface area contributed by atoms with E-state index in [0.29, 0.717) is 31.6 Å². The number of piperidine rings is 1. The van der Waals surface area contributed by atoms with Crippen molar-refractivity contribution in [3.05, 3.63) is 60.2 Å². The van der Waals surface area contributed by atoms with Crippen LogP contribution in [0.25, 0.3) is 0 Å².